The maximum atomic E-state index is 10.2. The summed E-state index contributed by atoms with van der Waals surface area (Å²) in [5, 5.41) is 13.2. The predicted octanol–water partition coefficient (Wildman–Crippen LogP) is 1.51. The van der Waals surface area contributed by atoms with E-state index in [1.807, 2.05) is 18.2 Å². The molecule has 2 atom stereocenters. The molecule has 0 amide bonds. The third-order valence-corrected chi connectivity index (χ3v) is 3.39. The monoisotopic (exact) mass is 281 g/mol. The van der Waals surface area contributed by atoms with E-state index in [0.717, 1.165) is 25.0 Å². The van der Waals surface area contributed by atoms with E-state index in [4.69, 9.17) is 14.2 Å². The Kier molecular flexibility index (Phi) is 5.64. The predicted molar refractivity (Wildman–Crippen MR) is 76.3 cm³/mol. The topological polar surface area (TPSA) is 60.0 Å². The molecule has 2 rings (SSSR count). The first-order valence-corrected chi connectivity index (χ1v) is 7.00. The molecule has 2 unspecified atom stereocenters. The molecule has 1 fully saturated rings. The van der Waals surface area contributed by atoms with Crippen LogP contribution in [0.3, 0.4) is 0 Å². The maximum absolute atomic E-state index is 10.2. The molecule has 0 aliphatic carbocycles. The lowest BCUT2D eigenvalue weighted by Crippen LogP contribution is -2.29. The van der Waals surface area contributed by atoms with Gasteiger partial charge >= 0.3 is 0 Å². The van der Waals surface area contributed by atoms with E-state index >= 15 is 0 Å². The van der Waals surface area contributed by atoms with Crippen molar-refractivity contribution in [2.24, 2.45) is 0 Å². The van der Waals surface area contributed by atoms with Gasteiger partial charge in [0.2, 0.25) is 0 Å². The minimum Gasteiger partial charge on any atom is -0.493 e. The number of aliphatic hydroxyl groups excluding tert-OH is 1. The molecule has 112 valence electrons. The van der Waals surface area contributed by atoms with Crippen molar-refractivity contribution in [2.75, 3.05) is 33.9 Å². The van der Waals surface area contributed by atoms with Crippen molar-refractivity contribution in [3.05, 3.63) is 23.8 Å². The second-order valence-electron chi connectivity index (χ2n) is 4.91. The van der Waals surface area contributed by atoms with Gasteiger partial charge in [0.1, 0.15) is 6.10 Å². The van der Waals surface area contributed by atoms with Crippen LogP contribution in [0.25, 0.3) is 0 Å². The first-order valence-electron chi connectivity index (χ1n) is 7.00. The molecule has 2 N–H and O–H groups in total. The average Bonchev–Trinajstić information content (AvgIpc) is 2.48. The van der Waals surface area contributed by atoms with E-state index in [1.54, 1.807) is 14.2 Å². The minimum atomic E-state index is -0.630. The summed E-state index contributed by atoms with van der Waals surface area (Å²) in [6.45, 7) is 1.84. The fourth-order valence-corrected chi connectivity index (χ4v) is 2.36. The third kappa shape index (κ3) is 3.62. The summed E-state index contributed by atoms with van der Waals surface area (Å²) in [6.07, 6.45) is 1.34. The van der Waals surface area contributed by atoms with Crippen molar-refractivity contribution >= 4 is 0 Å². The fraction of sp³-hybridized carbons (Fsp3) is 0.600. The fourth-order valence-electron chi connectivity index (χ4n) is 2.36. The number of rotatable bonds is 6. The maximum Gasteiger partial charge on any atom is 0.167 e. The van der Waals surface area contributed by atoms with Gasteiger partial charge < -0.3 is 24.6 Å². The summed E-state index contributed by atoms with van der Waals surface area (Å²) in [4.78, 5) is 0. The zero-order chi connectivity index (χ0) is 14.4. The normalized spacial score (nSPS) is 20.4. The standard InChI is InChI=1S/C15H23NO4/c1-16-9-13(17)12-6-3-7-14(18-2)15(12)20-11-5-4-8-19-10-11/h3,6-7,11,13,16-17H,4-5,8-10H2,1-2H3. The first kappa shape index (κ1) is 15.1. The Balaban J connectivity index is 2.22. The minimum absolute atomic E-state index is 0.0144. The highest BCUT2D eigenvalue weighted by Gasteiger charge is 2.22. The van der Waals surface area contributed by atoms with Crippen LogP contribution in [0.5, 0.6) is 11.5 Å². The van der Waals surface area contributed by atoms with Crippen molar-refractivity contribution < 1.29 is 19.3 Å². The summed E-state index contributed by atoms with van der Waals surface area (Å²) in [5.74, 6) is 1.26. The van der Waals surface area contributed by atoms with Gasteiger partial charge in [-0.25, -0.2) is 0 Å². The molecule has 0 saturated carbocycles. The molecule has 0 radical (unpaired) electrons. The van der Waals surface area contributed by atoms with Crippen molar-refractivity contribution in [3.8, 4) is 11.5 Å². The van der Waals surface area contributed by atoms with Crippen LogP contribution < -0.4 is 14.8 Å². The molecule has 0 bridgehead atoms. The van der Waals surface area contributed by atoms with Crippen LogP contribution in [0.4, 0.5) is 0 Å². The highest BCUT2D eigenvalue weighted by Crippen LogP contribution is 2.36. The molecule has 1 aliphatic heterocycles. The summed E-state index contributed by atoms with van der Waals surface area (Å²) in [7, 11) is 3.41. The van der Waals surface area contributed by atoms with Crippen molar-refractivity contribution in [2.45, 2.75) is 25.0 Å². The van der Waals surface area contributed by atoms with Crippen LogP contribution in [0.15, 0.2) is 18.2 Å². The van der Waals surface area contributed by atoms with Crippen LogP contribution >= 0.6 is 0 Å². The number of benzene rings is 1. The van der Waals surface area contributed by atoms with E-state index < -0.39 is 6.10 Å². The molecule has 0 spiro atoms. The van der Waals surface area contributed by atoms with Crippen molar-refractivity contribution in [1.82, 2.24) is 5.32 Å². The van der Waals surface area contributed by atoms with Crippen LogP contribution in [-0.4, -0.2) is 45.1 Å². The van der Waals surface area contributed by atoms with E-state index in [0.29, 0.717) is 24.7 Å². The Morgan fingerprint density at radius 1 is 1.50 bits per heavy atom. The smallest absolute Gasteiger partial charge is 0.167 e. The number of hydrogen-bond donors (Lipinski definition) is 2. The molecule has 5 heteroatoms. The summed E-state index contributed by atoms with van der Waals surface area (Å²) >= 11 is 0. The number of likely N-dealkylation sites (N-methyl/N-ethyl adjacent to an activating group) is 1. The number of nitrogens with one attached hydrogen (secondary N) is 1. The van der Waals surface area contributed by atoms with Crippen LogP contribution in [0.2, 0.25) is 0 Å². The SMILES string of the molecule is CNCC(O)c1cccc(OC)c1OC1CCCOC1. The molecular weight excluding hydrogens is 258 g/mol. The molecule has 0 aromatic heterocycles. The van der Waals surface area contributed by atoms with Crippen molar-refractivity contribution in [3.63, 3.8) is 0 Å². The van der Waals surface area contributed by atoms with Gasteiger partial charge in [0, 0.05) is 18.7 Å². The van der Waals surface area contributed by atoms with Crippen molar-refractivity contribution in [1.29, 1.82) is 0 Å². The lowest BCUT2D eigenvalue weighted by Gasteiger charge is -2.26. The zero-order valence-electron chi connectivity index (χ0n) is 12.1. The number of ether oxygens (including phenoxy) is 3. The van der Waals surface area contributed by atoms with Crippen LogP contribution in [0.1, 0.15) is 24.5 Å². The lowest BCUT2D eigenvalue weighted by molar-refractivity contribution is 0.00494. The Morgan fingerprint density at radius 3 is 3.00 bits per heavy atom. The molecule has 1 aliphatic rings. The van der Waals surface area contributed by atoms with Crippen LogP contribution in [0, 0.1) is 0 Å². The second kappa shape index (κ2) is 7.47. The highest BCUT2D eigenvalue weighted by molar-refractivity contribution is 5.48. The average molecular weight is 281 g/mol. The quantitative estimate of drug-likeness (QED) is 0.827. The Morgan fingerprint density at radius 2 is 2.35 bits per heavy atom. The molecule has 1 heterocycles. The van der Waals surface area contributed by atoms with Gasteiger partial charge in [0.25, 0.3) is 0 Å². The third-order valence-electron chi connectivity index (χ3n) is 3.39. The van der Waals surface area contributed by atoms with Gasteiger partial charge in [0.15, 0.2) is 11.5 Å². The van der Waals surface area contributed by atoms with Gasteiger partial charge in [-0.15, -0.1) is 0 Å². The summed E-state index contributed by atoms with van der Waals surface area (Å²) in [5.41, 5.74) is 0.740. The summed E-state index contributed by atoms with van der Waals surface area (Å²) < 4.78 is 16.8. The van der Waals surface area contributed by atoms with E-state index in [2.05, 4.69) is 5.32 Å². The Bertz CT molecular complexity index is 418. The zero-order valence-corrected chi connectivity index (χ0v) is 12.1. The molecule has 1 aromatic carbocycles. The van der Waals surface area contributed by atoms with Gasteiger partial charge in [-0.3, -0.25) is 0 Å². The van der Waals surface area contributed by atoms with Crippen LogP contribution in [-0.2, 0) is 4.74 Å². The molecule has 1 saturated heterocycles. The molecule has 20 heavy (non-hydrogen) atoms. The highest BCUT2D eigenvalue weighted by atomic mass is 16.5. The second-order valence-corrected chi connectivity index (χ2v) is 4.91. The number of para-hydroxylation sites is 1. The van der Waals surface area contributed by atoms with Gasteiger partial charge in [0.05, 0.1) is 19.8 Å². The first-order chi connectivity index (χ1) is 9.76. The number of hydrogen-bond acceptors (Lipinski definition) is 5. The molecule has 1 aromatic rings. The molecular formula is C15H23NO4. The van der Waals surface area contributed by atoms with E-state index in [-0.39, 0.29) is 6.10 Å². The largest absolute Gasteiger partial charge is 0.493 e. The lowest BCUT2D eigenvalue weighted by atomic mass is 10.1. The Labute approximate surface area is 119 Å². The van der Waals surface area contributed by atoms with Gasteiger partial charge in [-0.2, -0.15) is 0 Å². The van der Waals surface area contributed by atoms with E-state index in [1.165, 1.54) is 0 Å². The Hall–Kier alpha value is -1.30. The number of methoxy groups -OCH3 is 1. The van der Waals surface area contributed by atoms with Gasteiger partial charge in [-0.05, 0) is 26.0 Å². The molecule has 5 nitrogen and oxygen atoms in total. The number of aliphatic hydroxyl groups is 1. The summed E-state index contributed by atoms with van der Waals surface area (Å²) in [6, 6.07) is 5.56. The van der Waals surface area contributed by atoms with Gasteiger partial charge in [-0.1, -0.05) is 12.1 Å². The van der Waals surface area contributed by atoms with E-state index in [9.17, 15) is 5.11 Å².